The Labute approximate surface area is 142 Å². The van der Waals surface area contributed by atoms with Gasteiger partial charge >= 0.3 is 0 Å². The van der Waals surface area contributed by atoms with Gasteiger partial charge in [-0.25, -0.2) is 0 Å². The molecule has 4 aliphatic rings. The van der Waals surface area contributed by atoms with Crippen molar-refractivity contribution < 1.29 is 4.74 Å². The van der Waals surface area contributed by atoms with Crippen molar-refractivity contribution >= 4 is 0 Å². The monoisotopic (exact) mass is 320 g/mol. The first-order chi connectivity index (χ1) is 11.4. The van der Waals surface area contributed by atoms with E-state index in [1.807, 2.05) is 0 Å². The topological polar surface area (TPSA) is 15.7 Å². The van der Waals surface area contributed by atoms with E-state index in [4.69, 9.17) is 4.74 Å². The van der Waals surface area contributed by atoms with Crippen LogP contribution in [-0.2, 0) is 4.74 Å². The van der Waals surface area contributed by atoms with Crippen LogP contribution in [0.4, 0.5) is 0 Å². The van der Waals surface area contributed by atoms with Gasteiger partial charge in [-0.2, -0.15) is 0 Å². The summed E-state index contributed by atoms with van der Waals surface area (Å²) in [6, 6.07) is 1.82. The Balaban J connectivity index is 1.25. The molecule has 23 heavy (non-hydrogen) atoms. The predicted octanol–water partition coefficient (Wildman–Crippen LogP) is 3.67. The van der Waals surface area contributed by atoms with Crippen LogP contribution in [0.2, 0.25) is 0 Å². The zero-order valence-corrected chi connectivity index (χ0v) is 14.9. The van der Waals surface area contributed by atoms with E-state index in [1.165, 1.54) is 96.8 Å². The standard InChI is InChI=1S/C20H36N2O/c1-2-6-18(5-1)21-12-10-17(11-13-21)15-22(19-7-3-8-19)16-20-9-4-14-23-20/h17-20H,1-16H2/t20-/m1/s1. The Morgan fingerprint density at radius 3 is 2.17 bits per heavy atom. The van der Waals surface area contributed by atoms with Gasteiger partial charge in [0.25, 0.3) is 0 Å². The van der Waals surface area contributed by atoms with Gasteiger partial charge in [-0.15, -0.1) is 0 Å². The molecule has 0 amide bonds. The molecule has 0 N–H and O–H groups in total. The lowest BCUT2D eigenvalue weighted by atomic mass is 9.88. The molecule has 3 heteroatoms. The summed E-state index contributed by atoms with van der Waals surface area (Å²) < 4.78 is 5.93. The lowest BCUT2D eigenvalue weighted by Gasteiger charge is -2.43. The van der Waals surface area contributed by atoms with E-state index >= 15 is 0 Å². The Morgan fingerprint density at radius 1 is 0.783 bits per heavy atom. The Morgan fingerprint density at radius 2 is 1.57 bits per heavy atom. The van der Waals surface area contributed by atoms with Crippen molar-refractivity contribution in [2.24, 2.45) is 5.92 Å². The van der Waals surface area contributed by atoms with Crippen molar-refractivity contribution in [2.45, 2.75) is 88.8 Å². The summed E-state index contributed by atoms with van der Waals surface area (Å²) in [5.41, 5.74) is 0. The summed E-state index contributed by atoms with van der Waals surface area (Å²) in [7, 11) is 0. The van der Waals surface area contributed by atoms with Gasteiger partial charge in [-0.05, 0) is 70.4 Å². The molecule has 3 nitrogen and oxygen atoms in total. The van der Waals surface area contributed by atoms with Crippen LogP contribution in [0.5, 0.6) is 0 Å². The lowest BCUT2D eigenvalue weighted by molar-refractivity contribution is 0.0205. The molecule has 0 aromatic heterocycles. The fourth-order valence-electron chi connectivity index (χ4n) is 5.28. The third kappa shape index (κ3) is 4.11. The zero-order valence-electron chi connectivity index (χ0n) is 14.9. The van der Waals surface area contributed by atoms with Crippen LogP contribution in [0, 0.1) is 5.92 Å². The molecule has 2 saturated heterocycles. The zero-order chi connectivity index (χ0) is 15.5. The van der Waals surface area contributed by atoms with Gasteiger partial charge in [-0.1, -0.05) is 19.3 Å². The van der Waals surface area contributed by atoms with Gasteiger partial charge in [0.1, 0.15) is 0 Å². The van der Waals surface area contributed by atoms with E-state index in [0.717, 1.165) is 24.6 Å². The maximum absolute atomic E-state index is 5.93. The number of hydrogen-bond donors (Lipinski definition) is 0. The van der Waals surface area contributed by atoms with E-state index in [1.54, 1.807) is 0 Å². The maximum Gasteiger partial charge on any atom is 0.0702 e. The fourth-order valence-corrected chi connectivity index (χ4v) is 5.28. The summed E-state index contributed by atoms with van der Waals surface area (Å²) in [4.78, 5) is 5.65. The van der Waals surface area contributed by atoms with Crippen LogP contribution in [0.1, 0.15) is 70.6 Å². The highest BCUT2D eigenvalue weighted by atomic mass is 16.5. The number of piperidine rings is 1. The first kappa shape index (κ1) is 16.4. The highest BCUT2D eigenvalue weighted by Gasteiger charge is 2.32. The van der Waals surface area contributed by atoms with Crippen molar-refractivity contribution in [3.63, 3.8) is 0 Å². The van der Waals surface area contributed by atoms with Crippen molar-refractivity contribution in [3.05, 3.63) is 0 Å². The number of ether oxygens (including phenoxy) is 1. The number of nitrogens with zero attached hydrogens (tertiary/aromatic N) is 2. The second-order valence-electron chi connectivity index (χ2n) is 8.59. The van der Waals surface area contributed by atoms with Crippen LogP contribution in [0.15, 0.2) is 0 Å². The lowest BCUT2D eigenvalue weighted by Crippen LogP contribution is -2.48. The van der Waals surface area contributed by atoms with Crippen molar-refractivity contribution in [2.75, 3.05) is 32.8 Å². The normalized spacial score (nSPS) is 32.0. The molecule has 0 unspecified atom stereocenters. The van der Waals surface area contributed by atoms with Crippen LogP contribution >= 0.6 is 0 Å². The SMILES string of the molecule is C1CCC(N2CCC(CN(C[C@H]3CCCO3)C3CCC3)CC2)C1. The van der Waals surface area contributed by atoms with Crippen LogP contribution < -0.4 is 0 Å². The van der Waals surface area contributed by atoms with Crippen LogP contribution in [-0.4, -0.2) is 60.8 Å². The first-order valence-electron chi connectivity index (χ1n) is 10.5. The Bertz CT molecular complexity index is 351. The Kier molecular flexibility index (Phi) is 5.58. The first-order valence-corrected chi connectivity index (χ1v) is 10.5. The molecule has 1 atom stereocenters. The van der Waals surface area contributed by atoms with Gasteiger partial charge < -0.3 is 9.64 Å². The third-order valence-electron chi connectivity index (χ3n) is 7.04. The number of hydrogen-bond acceptors (Lipinski definition) is 3. The summed E-state index contributed by atoms with van der Waals surface area (Å²) in [5, 5.41) is 0. The van der Waals surface area contributed by atoms with Gasteiger partial charge in [0.2, 0.25) is 0 Å². The van der Waals surface area contributed by atoms with Crippen molar-refractivity contribution in [1.29, 1.82) is 0 Å². The largest absolute Gasteiger partial charge is 0.377 e. The molecule has 2 aliphatic carbocycles. The summed E-state index contributed by atoms with van der Waals surface area (Å²) in [6.45, 7) is 6.31. The minimum Gasteiger partial charge on any atom is -0.377 e. The van der Waals surface area contributed by atoms with E-state index in [9.17, 15) is 0 Å². The molecule has 0 aromatic rings. The molecule has 132 valence electrons. The smallest absolute Gasteiger partial charge is 0.0702 e. The molecule has 2 saturated carbocycles. The van der Waals surface area contributed by atoms with E-state index < -0.39 is 0 Å². The summed E-state index contributed by atoms with van der Waals surface area (Å²) in [5.74, 6) is 0.939. The third-order valence-corrected chi connectivity index (χ3v) is 7.04. The van der Waals surface area contributed by atoms with Gasteiger partial charge in [-0.3, -0.25) is 4.90 Å². The minimum atomic E-state index is 0.536. The molecular formula is C20H36N2O. The van der Waals surface area contributed by atoms with Crippen LogP contribution in [0.25, 0.3) is 0 Å². The fraction of sp³-hybridized carbons (Fsp3) is 1.00. The molecule has 4 rings (SSSR count). The average molecular weight is 321 g/mol. The minimum absolute atomic E-state index is 0.536. The number of rotatable bonds is 6. The van der Waals surface area contributed by atoms with E-state index in [0.29, 0.717) is 6.10 Å². The molecule has 4 fully saturated rings. The second-order valence-corrected chi connectivity index (χ2v) is 8.59. The second kappa shape index (κ2) is 7.84. The molecule has 0 aromatic carbocycles. The van der Waals surface area contributed by atoms with Gasteiger partial charge in [0.05, 0.1) is 6.10 Å². The molecule has 2 heterocycles. The Hall–Kier alpha value is -0.120. The highest BCUT2D eigenvalue weighted by Crippen LogP contribution is 2.31. The van der Waals surface area contributed by atoms with Crippen molar-refractivity contribution in [1.82, 2.24) is 9.80 Å². The van der Waals surface area contributed by atoms with E-state index in [-0.39, 0.29) is 0 Å². The molecule has 0 bridgehead atoms. The van der Waals surface area contributed by atoms with E-state index in [2.05, 4.69) is 9.80 Å². The molecular weight excluding hydrogens is 284 g/mol. The molecule has 2 aliphatic heterocycles. The van der Waals surface area contributed by atoms with Gasteiger partial charge in [0.15, 0.2) is 0 Å². The summed E-state index contributed by atoms with van der Waals surface area (Å²) in [6.07, 6.45) is 16.2. The average Bonchev–Trinajstić information content (AvgIpc) is 3.19. The predicted molar refractivity (Wildman–Crippen MR) is 94.7 cm³/mol. The summed E-state index contributed by atoms with van der Waals surface area (Å²) >= 11 is 0. The van der Waals surface area contributed by atoms with Crippen LogP contribution in [0.3, 0.4) is 0 Å². The highest BCUT2D eigenvalue weighted by molar-refractivity contribution is 4.87. The molecule has 0 spiro atoms. The maximum atomic E-state index is 5.93. The molecule has 0 radical (unpaired) electrons. The van der Waals surface area contributed by atoms with Crippen molar-refractivity contribution in [3.8, 4) is 0 Å². The quantitative estimate of drug-likeness (QED) is 0.742. The number of likely N-dealkylation sites (tertiary alicyclic amines) is 1. The van der Waals surface area contributed by atoms with Gasteiger partial charge in [0, 0.05) is 31.8 Å².